The molecular weight excluding hydrogens is 350 g/mol. The largest absolute Gasteiger partial charge is 0.485 e. The van der Waals surface area contributed by atoms with Crippen molar-refractivity contribution in [1.82, 2.24) is 14.5 Å². The molecule has 0 N–H and O–H groups in total. The van der Waals surface area contributed by atoms with E-state index in [4.69, 9.17) is 4.74 Å². The van der Waals surface area contributed by atoms with Crippen molar-refractivity contribution in [3.05, 3.63) is 87.9 Å². The number of hydrogen-bond donors (Lipinski definition) is 0. The molecule has 2 aromatic heterocycles. The van der Waals surface area contributed by atoms with Crippen molar-refractivity contribution >= 4 is 0 Å². The number of benzene rings is 1. The van der Waals surface area contributed by atoms with Gasteiger partial charge in [0, 0.05) is 35.6 Å². The predicted molar refractivity (Wildman–Crippen MR) is 109 cm³/mol. The summed E-state index contributed by atoms with van der Waals surface area (Å²) in [5, 5.41) is 0. The van der Waals surface area contributed by atoms with Crippen LogP contribution in [-0.4, -0.2) is 14.5 Å². The zero-order valence-electron chi connectivity index (χ0n) is 16.3. The Labute approximate surface area is 165 Å². The van der Waals surface area contributed by atoms with Gasteiger partial charge in [0.05, 0.1) is 6.54 Å². The average Bonchev–Trinajstić information content (AvgIpc) is 2.69. The Balaban J connectivity index is 1.71. The van der Waals surface area contributed by atoms with E-state index in [-0.39, 0.29) is 12.2 Å². The van der Waals surface area contributed by atoms with Crippen molar-refractivity contribution in [3.8, 4) is 17.6 Å². The molecule has 2 heterocycles. The first-order chi connectivity index (χ1) is 13.5. The van der Waals surface area contributed by atoms with Crippen LogP contribution in [0.3, 0.4) is 0 Å². The molecule has 0 aliphatic rings. The molecule has 142 valence electrons. The number of aryl methyl sites for hydroxylation is 1. The van der Waals surface area contributed by atoms with Gasteiger partial charge in [0.25, 0.3) is 5.56 Å². The maximum Gasteiger partial charge on any atom is 0.254 e. The van der Waals surface area contributed by atoms with Crippen LogP contribution in [0.2, 0.25) is 0 Å². The first kappa shape index (κ1) is 19.4. The Morgan fingerprint density at radius 1 is 1.11 bits per heavy atom. The maximum absolute atomic E-state index is 12.6. The van der Waals surface area contributed by atoms with Crippen LogP contribution in [0.5, 0.6) is 5.75 Å². The molecule has 0 saturated heterocycles. The Hall–Kier alpha value is -3.39. The summed E-state index contributed by atoms with van der Waals surface area (Å²) in [4.78, 5) is 20.8. The van der Waals surface area contributed by atoms with Gasteiger partial charge >= 0.3 is 0 Å². The van der Waals surface area contributed by atoms with Gasteiger partial charge in [-0.15, -0.1) is 0 Å². The molecule has 3 rings (SSSR count). The molecule has 3 aromatic rings. The molecule has 0 aliphatic carbocycles. The van der Waals surface area contributed by atoms with E-state index in [0.29, 0.717) is 24.0 Å². The highest BCUT2D eigenvalue weighted by Gasteiger charge is 2.06. The van der Waals surface area contributed by atoms with Gasteiger partial charge in [0.1, 0.15) is 12.4 Å². The standard InChI is InChI=1S/C23H23N3O2/c1-17(2)5-6-19-7-9-20(10-8-19)15-26-18(3)13-21(14-23(26)27)28-16-22-24-11-4-12-25-22/h4,7-14,17H,15-16H2,1-3H3. The van der Waals surface area contributed by atoms with Gasteiger partial charge in [-0.3, -0.25) is 4.79 Å². The molecule has 0 aliphatic heterocycles. The lowest BCUT2D eigenvalue weighted by Crippen LogP contribution is -2.22. The summed E-state index contributed by atoms with van der Waals surface area (Å²) >= 11 is 0. The van der Waals surface area contributed by atoms with Crippen LogP contribution in [0.25, 0.3) is 0 Å². The first-order valence-corrected chi connectivity index (χ1v) is 9.22. The van der Waals surface area contributed by atoms with E-state index < -0.39 is 0 Å². The molecule has 0 fully saturated rings. The quantitative estimate of drug-likeness (QED) is 0.642. The van der Waals surface area contributed by atoms with Crippen LogP contribution in [0, 0.1) is 24.7 Å². The summed E-state index contributed by atoms with van der Waals surface area (Å²) in [6, 6.07) is 13.1. The molecule has 1 aromatic carbocycles. The Bertz CT molecular complexity index is 1040. The van der Waals surface area contributed by atoms with Crippen LogP contribution in [0.15, 0.2) is 59.7 Å². The summed E-state index contributed by atoms with van der Waals surface area (Å²) in [7, 11) is 0. The molecule has 0 amide bonds. The monoisotopic (exact) mass is 373 g/mol. The fourth-order valence-electron chi connectivity index (χ4n) is 2.64. The van der Waals surface area contributed by atoms with Crippen molar-refractivity contribution in [3.63, 3.8) is 0 Å². The van der Waals surface area contributed by atoms with E-state index in [9.17, 15) is 4.79 Å². The summed E-state index contributed by atoms with van der Waals surface area (Å²) < 4.78 is 7.39. The Morgan fingerprint density at radius 2 is 1.82 bits per heavy atom. The van der Waals surface area contributed by atoms with Crippen LogP contribution in [-0.2, 0) is 13.2 Å². The van der Waals surface area contributed by atoms with Gasteiger partial charge in [0.2, 0.25) is 0 Å². The predicted octanol–water partition coefficient (Wildman–Crippen LogP) is 3.58. The Morgan fingerprint density at radius 3 is 2.46 bits per heavy atom. The van der Waals surface area contributed by atoms with E-state index in [1.165, 1.54) is 6.07 Å². The maximum atomic E-state index is 12.6. The van der Waals surface area contributed by atoms with E-state index in [1.807, 2.05) is 37.3 Å². The number of aromatic nitrogens is 3. The number of pyridine rings is 1. The summed E-state index contributed by atoms with van der Waals surface area (Å²) in [5.41, 5.74) is 2.76. The van der Waals surface area contributed by atoms with Crippen molar-refractivity contribution in [1.29, 1.82) is 0 Å². The van der Waals surface area contributed by atoms with Gasteiger partial charge in [-0.2, -0.15) is 0 Å². The molecule has 0 unspecified atom stereocenters. The minimum absolute atomic E-state index is 0.104. The highest BCUT2D eigenvalue weighted by Crippen LogP contribution is 2.13. The highest BCUT2D eigenvalue weighted by atomic mass is 16.5. The lowest BCUT2D eigenvalue weighted by molar-refractivity contribution is 0.294. The van der Waals surface area contributed by atoms with Gasteiger partial charge in [-0.25, -0.2) is 9.97 Å². The third kappa shape index (κ3) is 5.31. The molecule has 0 atom stereocenters. The fraction of sp³-hybridized carbons (Fsp3) is 0.261. The molecule has 28 heavy (non-hydrogen) atoms. The molecule has 0 spiro atoms. The van der Waals surface area contributed by atoms with Crippen LogP contribution >= 0.6 is 0 Å². The normalized spacial score (nSPS) is 10.4. The molecule has 5 nitrogen and oxygen atoms in total. The number of nitrogens with zero attached hydrogens (tertiary/aromatic N) is 3. The van der Waals surface area contributed by atoms with E-state index in [2.05, 4.69) is 35.7 Å². The van der Waals surface area contributed by atoms with Crippen molar-refractivity contribution in [2.75, 3.05) is 0 Å². The SMILES string of the molecule is Cc1cc(OCc2ncccn2)cc(=O)n1Cc1ccc(C#CC(C)C)cc1. The fourth-order valence-corrected chi connectivity index (χ4v) is 2.64. The molecule has 0 saturated carbocycles. The third-order valence-electron chi connectivity index (χ3n) is 4.10. The number of rotatable bonds is 5. The molecular formula is C23H23N3O2. The number of ether oxygens (including phenoxy) is 1. The van der Waals surface area contributed by atoms with E-state index >= 15 is 0 Å². The summed E-state index contributed by atoms with van der Waals surface area (Å²) in [6.45, 7) is 6.76. The second kappa shape index (κ2) is 9.01. The second-order valence-corrected chi connectivity index (χ2v) is 6.83. The smallest absolute Gasteiger partial charge is 0.254 e. The minimum atomic E-state index is -0.104. The van der Waals surface area contributed by atoms with Crippen LogP contribution in [0.4, 0.5) is 0 Å². The van der Waals surface area contributed by atoms with Crippen molar-refractivity contribution < 1.29 is 4.74 Å². The minimum Gasteiger partial charge on any atom is -0.485 e. The molecule has 5 heteroatoms. The summed E-state index contributed by atoms with van der Waals surface area (Å²) in [5.74, 6) is 7.73. The van der Waals surface area contributed by atoms with Crippen LogP contribution < -0.4 is 10.3 Å². The van der Waals surface area contributed by atoms with Gasteiger partial charge in [-0.1, -0.05) is 37.8 Å². The topological polar surface area (TPSA) is 57.0 Å². The van der Waals surface area contributed by atoms with Gasteiger partial charge < -0.3 is 9.30 Å². The average molecular weight is 373 g/mol. The van der Waals surface area contributed by atoms with Crippen LogP contribution in [0.1, 0.15) is 36.5 Å². The summed E-state index contributed by atoms with van der Waals surface area (Å²) in [6.07, 6.45) is 3.32. The lowest BCUT2D eigenvalue weighted by atomic mass is 10.1. The zero-order chi connectivity index (χ0) is 19.9. The first-order valence-electron chi connectivity index (χ1n) is 9.22. The molecule has 0 radical (unpaired) electrons. The number of hydrogen-bond acceptors (Lipinski definition) is 4. The zero-order valence-corrected chi connectivity index (χ0v) is 16.3. The molecule has 0 bridgehead atoms. The third-order valence-corrected chi connectivity index (χ3v) is 4.10. The van der Waals surface area contributed by atoms with E-state index in [1.54, 1.807) is 23.0 Å². The van der Waals surface area contributed by atoms with Gasteiger partial charge in [0.15, 0.2) is 5.82 Å². The van der Waals surface area contributed by atoms with E-state index in [0.717, 1.165) is 16.8 Å². The van der Waals surface area contributed by atoms with Gasteiger partial charge in [-0.05, 0) is 36.8 Å². The highest BCUT2D eigenvalue weighted by molar-refractivity contribution is 5.36. The second-order valence-electron chi connectivity index (χ2n) is 6.83. The Kier molecular flexibility index (Phi) is 6.23. The lowest BCUT2D eigenvalue weighted by Gasteiger charge is -2.12. The van der Waals surface area contributed by atoms with Crippen molar-refractivity contribution in [2.24, 2.45) is 5.92 Å². The van der Waals surface area contributed by atoms with Crippen molar-refractivity contribution in [2.45, 2.75) is 33.9 Å².